The highest BCUT2D eigenvalue weighted by molar-refractivity contribution is 5.98. The SMILES string of the molecule is Cc1noc(C2CCN(C(=O)c3c(C)nn(C)c3-n3cccn3)CC2)n1. The predicted octanol–water partition coefficient (Wildman–Crippen LogP) is 1.63. The van der Waals surface area contributed by atoms with Gasteiger partial charge in [0.25, 0.3) is 5.91 Å². The summed E-state index contributed by atoms with van der Waals surface area (Å²) >= 11 is 0. The van der Waals surface area contributed by atoms with Gasteiger partial charge in [0.1, 0.15) is 5.56 Å². The number of hydrogen-bond acceptors (Lipinski definition) is 6. The summed E-state index contributed by atoms with van der Waals surface area (Å²) in [6, 6.07) is 1.83. The van der Waals surface area contributed by atoms with Crippen molar-refractivity contribution in [3.8, 4) is 5.82 Å². The Kier molecular flexibility index (Phi) is 4.06. The van der Waals surface area contributed by atoms with Gasteiger partial charge < -0.3 is 9.42 Å². The molecule has 1 fully saturated rings. The van der Waals surface area contributed by atoms with E-state index in [-0.39, 0.29) is 11.8 Å². The summed E-state index contributed by atoms with van der Waals surface area (Å²) < 4.78 is 8.66. The molecule has 0 unspecified atom stereocenters. The molecule has 4 rings (SSSR count). The number of rotatable bonds is 3. The molecule has 0 N–H and O–H groups in total. The van der Waals surface area contributed by atoms with Gasteiger partial charge in [0.15, 0.2) is 11.6 Å². The molecule has 0 atom stereocenters. The second-order valence-electron chi connectivity index (χ2n) is 6.60. The number of likely N-dealkylation sites (tertiary alicyclic amines) is 1. The molecule has 1 amide bonds. The Morgan fingerprint density at radius 2 is 2.04 bits per heavy atom. The lowest BCUT2D eigenvalue weighted by atomic mass is 9.96. The Morgan fingerprint density at radius 3 is 2.65 bits per heavy atom. The summed E-state index contributed by atoms with van der Waals surface area (Å²) in [5.74, 6) is 2.20. The van der Waals surface area contributed by atoms with Crippen LogP contribution in [0.15, 0.2) is 23.0 Å². The maximum atomic E-state index is 13.2. The average Bonchev–Trinajstić information content (AvgIpc) is 3.35. The molecule has 1 saturated heterocycles. The van der Waals surface area contributed by atoms with Gasteiger partial charge in [-0.05, 0) is 32.8 Å². The van der Waals surface area contributed by atoms with E-state index >= 15 is 0 Å². The zero-order valence-corrected chi connectivity index (χ0v) is 15.1. The molecule has 26 heavy (non-hydrogen) atoms. The van der Waals surface area contributed by atoms with Crippen LogP contribution in [-0.2, 0) is 7.05 Å². The molecule has 3 aromatic heterocycles. The van der Waals surface area contributed by atoms with Crippen LogP contribution in [0.3, 0.4) is 0 Å². The molecule has 0 saturated carbocycles. The Bertz CT molecular complexity index is 917. The highest BCUT2D eigenvalue weighted by atomic mass is 16.5. The first-order valence-electron chi connectivity index (χ1n) is 8.67. The molecule has 0 spiro atoms. The first kappa shape index (κ1) is 16.5. The van der Waals surface area contributed by atoms with E-state index in [0.29, 0.717) is 41.9 Å². The minimum atomic E-state index is -0.0127. The topological polar surface area (TPSA) is 94.9 Å². The third kappa shape index (κ3) is 2.79. The quantitative estimate of drug-likeness (QED) is 0.709. The Labute approximate surface area is 150 Å². The van der Waals surface area contributed by atoms with E-state index in [2.05, 4.69) is 20.3 Å². The van der Waals surface area contributed by atoms with Crippen LogP contribution in [0, 0.1) is 13.8 Å². The van der Waals surface area contributed by atoms with Crippen molar-refractivity contribution < 1.29 is 9.32 Å². The van der Waals surface area contributed by atoms with Crippen LogP contribution in [-0.4, -0.2) is 53.6 Å². The van der Waals surface area contributed by atoms with E-state index in [9.17, 15) is 4.79 Å². The molecule has 0 radical (unpaired) electrons. The fraction of sp³-hybridized carbons (Fsp3) is 0.471. The predicted molar refractivity (Wildman–Crippen MR) is 92.0 cm³/mol. The third-order valence-electron chi connectivity index (χ3n) is 4.80. The second-order valence-corrected chi connectivity index (χ2v) is 6.60. The standard InChI is InChI=1S/C17H21N7O2/c1-11-14(16(22(3)20-11)24-8-4-7-18-24)17(25)23-9-5-13(6-10-23)15-19-12(2)21-26-15/h4,7-8,13H,5-6,9-10H2,1-3H3. The summed E-state index contributed by atoms with van der Waals surface area (Å²) in [5.41, 5.74) is 1.31. The normalized spacial score (nSPS) is 15.6. The van der Waals surface area contributed by atoms with E-state index < -0.39 is 0 Å². The number of piperidine rings is 1. The lowest BCUT2D eigenvalue weighted by molar-refractivity contribution is 0.0703. The summed E-state index contributed by atoms with van der Waals surface area (Å²) in [6.07, 6.45) is 5.12. The van der Waals surface area contributed by atoms with Gasteiger partial charge in [0.05, 0.1) is 5.69 Å². The summed E-state index contributed by atoms with van der Waals surface area (Å²) in [5, 5.41) is 12.5. The fourth-order valence-corrected chi connectivity index (χ4v) is 3.52. The van der Waals surface area contributed by atoms with Crippen molar-refractivity contribution in [2.45, 2.75) is 32.6 Å². The summed E-state index contributed by atoms with van der Waals surface area (Å²) in [4.78, 5) is 19.4. The number of nitrogens with zero attached hydrogens (tertiary/aromatic N) is 7. The Morgan fingerprint density at radius 1 is 1.27 bits per heavy atom. The summed E-state index contributed by atoms with van der Waals surface area (Å²) in [6.45, 7) is 4.97. The van der Waals surface area contributed by atoms with Gasteiger partial charge in [-0.2, -0.15) is 15.2 Å². The van der Waals surface area contributed by atoms with Gasteiger partial charge >= 0.3 is 0 Å². The number of carbonyl (C=O) groups is 1. The number of aryl methyl sites for hydroxylation is 3. The molecule has 3 aromatic rings. The van der Waals surface area contributed by atoms with Crippen LogP contribution in [0.25, 0.3) is 5.82 Å². The lowest BCUT2D eigenvalue weighted by Crippen LogP contribution is -2.38. The van der Waals surface area contributed by atoms with E-state index in [0.717, 1.165) is 12.8 Å². The zero-order valence-electron chi connectivity index (χ0n) is 15.1. The van der Waals surface area contributed by atoms with E-state index in [4.69, 9.17) is 4.52 Å². The minimum absolute atomic E-state index is 0.0127. The lowest BCUT2D eigenvalue weighted by Gasteiger charge is -2.30. The van der Waals surface area contributed by atoms with Crippen molar-refractivity contribution in [3.05, 3.63) is 41.4 Å². The highest BCUT2D eigenvalue weighted by Crippen LogP contribution is 2.28. The molecule has 0 aromatic carbocycles. The third-order valence-corrected chi connectivity index (χ3v) is 4.80. The smallest absolute Gasteiger partial charge is 0.259 e. The van der Waals surface area contributed by atoms with Crippen LogP contribution in [0.5, 0.6) is 0 Å². The molecule has 4 heterocycles. The molecule has 136 valence electrons. The molecule has 9 heteroatoms. The van der Waals surface area contributed by atoms with Crippen molar-refractivity contribution in [2.75, 3.05) is 13.1 Å². The van der Waals surface area contributed by atoms with Gasteiger partial charge in [-0.3, -0.25) is 4.79 Å². The number of aromatic nitrogens is 6. The van der Waals surface area contributed by atoms with Crippen molar-refractivity contribution in [3.63, 3.8) is 0 Å². The van der Waals surface area contributed by atoms with Crippen molar-refractivity contribution in [2.24, 2.45) is 7.05 Å². The van der Waals surface area contributed by atoms with Crippen LogP contribution >= 0.6 is 0 Å². The number of carbonyl (C=O) groups excluding carboxylic acids is 1. The maximum Gasteiger partial charge on any atom is 0.259 e. The molecular weight excluding hydrogens is 334 g/mol. The number of hydrogen-bond donors (Lipinski definition) is 0. The first-order valence-corrected chi connectivity index (χ1v) is 8.67. The van der Waals surface area contributed by atoms with E-state index in [1.54, 1.807) is 15.6 Å². The van der Waals surface area contributed by atoms with Crippen LogP contribution in [0.4, 0.5) is 0 Å². The molecule has 1 aliphatic heterocycles. The molecule has 0 bridgehead atoms. The first-order chi connectivity index (χ1) is 12.5. The Balaban J connectivity index is 1.54. The second kappa shape index (κ2) is 6.40. The van der Waals surface area contributed by atoms with Gasteiger partial charge in [-0.25, -0.2) is 9.36 Å². The monoisotopic (exact) mass is 355 g/mol. The molecule has 0 aliphatic carbocycles. The van der Waals surface area contributed by atoms with Gasteiger partial charge in [-0.15, -0.1) is 0 Å². The van der Waals surface area contributed by atoms with Gasteiger partial charge in [-0.1, -0.05) is 5.16 Å². The Hall–Kier alpha value is -2.97. The van der Waals surface area contributed by atoms with Crippen LogP contribution < -0.4 is 0 Å². The highest BCUT2D eigenvalue weighted by Gasteiger charge is 2.31. The fourth-order valence-electron chi connectivity index (χ4n) is 3.52. The van der Waals surface area contributed by atoms with E-state index in [1.165, 1.54) is 0 Å². The summed E-state index contributed by atoms with van der Waals surface area (Å²) in [7, 11) is 1.82. The molecular formula is C17H21N7O2. The van der Waals surface area contributed by atoms with Crippen LogP contribution in [0.2, 0.25) is 0 Å². The van der Waals surface area contributed by atoms with E-state index in [1.807, 2.05) is 38.1 Å². The van der Waals surface area contributed by atoms with Crippen LogP contribution in [0.1, 0.15) is 46.5 Å². The van der Waals surface area contributed by atoms with Gasteiger partial charge in [0, 0.05) is 38.4 Å². The largest absolute Gasteiger partial charge is 0.339 e. The molecule has 1 aliphatic rings. The van der Waals surface area contributed by atoms with Crippen molar-refractivity contribution in [1.82, 2.24) is 34.6 Å². The minimum Gasteiger partial charge on any atom is -0.339 e. The van der Waals surface area contributed by atoms with Crippen molar-refractivity contribution in [1.29, 1.82) is 0 Å². The number of amides is 1. The zero-order chi connectivity index (χ0) is 18.3. The molecule has 9 nitrogen and oxygen atoms in total. The van der Waals surface area contributed by atoms with Crippen molar-refractivity contribution >= 4 is 5.91 Å². The maximum absolute atomic E-state index is 13.2. The van der Waals surface area contributed by atoms with Gasteiger partial charge in [0.2, 0.25) is 5.89 Å². The average molecular weight is 355 g/mol.